The summed E-state index contributed by atoms with van der Waals surface area (Å²) in [5.41, 5.74) is 1.21. The van der Waals surface area contributed by atoms with Crippen molar-refractivity contribution in [1.29, 1.82) is 0 Å². The van der Waals surface area contributed by atoms with Gasteiger partial charge in [-0.05, 0) is 19.9 Å². The summed E-state index contributed by atoms with van der Waals surface area (Å²) in [5, 5.41) is 4.25. The Hall–Kier alpha value is -2.68. The van der Waals surface area contributed by atoms with E-state index in [2.05, 4.69) is 26.9 Å². The Kier molecular flexibility index (Phi) is 6.13. The summed E-state index contributed by atoms with van der Waals surface area (Å²) in [6.07, 6.45) is 5.36. The van der Waals surface area contributed by atoms with Gasteiger partial charge in [0.1, 0.15) is 0 Å². The van der Waals surface area contributed by atoms with Gasteiger partial charge in [-0.2, -0.15) is 5.10 Å². The number of amides is 1. The van der Waals surface area contributed by atoms with Crippen LogP contribution in [0.15, 0.2) is 23.3 Å². The third-order valence-corrected chi connectivity index (χ3v) is 5.02. The molecule has 1 aliphatic rings. The molecule has 9 heteroatoms. The molecule has 1 fully saturated rings. The molecule has 1 amide bonds. The lowest BCUT2D eigenvalue weighted by molar-refractivity contribution is 0.0779. The normalized spacial score (nSPS) is 16.8. The molecule has 152 valence electrons. The van der Waals surface area contributed by atoms with Crippen LogP contribution in [-0.4, -0.2) is 75.7 Å². The SMILES string of the molecule is CCCn1cc(C(=O)N2CC[C@@H](N(C)Cc3cc(=O)[nH]c(N(C)C)n3)C2)cn1. The predicted octanol–water partition coefficient (Wildman–Crippen LogP) is 0.789. The standard InChI is InChI=1S/C19H29N7O2/c1-5-7-26-11-14(10-20-26)18(28)25-8-6-16(13-25)24(4)12-15-9-17(27)22-19(21-15)23(2)3/h9-11,16H,5-8,12-13H2,1-4H3,(H,21,22,27)/t16-/m1/s1. The van der Waals surface area contributed by atoms with Crippen molar-refractivity contribution in [1.82, 2.24) is 29.5 Å². The van der Waals surface area contributed by atoms with Crippen LogP contribution in [0.2, 0.25) is 0 Å². The van der Waals surface area contributed by atoms with Crippen LogP contribution in [0.1, 0.15) is 35.8 Å². The highest BCUT2D eigenvalue weighted by Crippen LogP contribution is 2.18. The minimum absolute atomic E-state index is 0.0300. The number of aromatic nitrogens is 4. The molecule has 0 saturated carbocycles. The van der Waals surface area contributed by atoms with Crippen LogP contribution < -0.4 is 10.5 Å². The largest absolute Gasteiger partial charge is 0.348 e. The number of carbonyl (C=O) groups is 1. The lowest BCUT2D eigenvalue weighted by Gasteiger charge is -2.24. The molecule has 2 aromatic rings. The Morgan fingerprint density at radius 2 is 2.14 bits per heavy atom. The van der Waals surface area contributed by atoms with Crippen LogP contribution in [0.25, 0.3) is 0 Å². The van der Waals surface area contributed by atoms with E-state index in [0.717, 1.165) is 31.6 Å². The number of aryl methyl sites for hydroxylation is 1. The van der Waals surface area contributed by atoms with E-state index in [1.54, 1.807) is 11.1 Å². The summed E-state index contributed by atoms with van der Waals surface area (Å²) in [5.74, 6) is 0.575. The zero-order chi connectivity index (χ0) is 20.3. The van der Waals surface area contributed by atoms with E-state index in [9.17, 15) is 9.59 Å². The van der Waals surface area contributed by atoms with E-state index in [0.29, 0.717) is 24.6 Å². The number of anilines is 1. The maximum atomic E-state index is 12.7. The molecule has 1 N–H and O–H groups in total. The molecule has 3 heterocycles. The topological polar surface area (TPSA) is 90.4 Å². The molecule has 0 aliphatic carbocycles. The first-order chi connectivity index (χ1) is 13.4. The van der Waals surface area contributed by atoms with Crippen LogP contribution in [-0.2, 0) is 13.1 Å². The van der Waals surface area contributed by atoms with Gasteiger partial charge in [0.15, 0.2) is 0 Å². The van der Waals surface area contributed by atoms with Crippen molar-refractivity contribution in [3.8, 4) is 0 Å². The van der Waals surface area contributed by atoms with Crippen LogP contribution in [0, 0.1) is 0 Å². The van der Waals surface area contributed by atoms with Crippen molar-refractivity contribution in [2.75, 3.05) is 39.1 Å². The molecule has 0 aromatic carbocycles. The minimum atomic E-state index is -0.158. The number of nitrogens with one attached hydrogen (secondary N) is 1. The Morgan fingerprint density at radius 1 is 1.36 bits per heavy atom. The molecule has 0 radical (unpaired) electrons. The van der Waals surface area contributed by atoms with E-state index in [4.69, 9.17) is 0 Å². The molecule has 0 spiro atoms. The quantitative estimate of drug-likeness (QED) is 0.755. The molecule has 0 bridgehead atoms. The van der Waals surface area contributed by atoms with Gasteiger partial charge in [0.2, 0.25) is 5.95 Å². The number of nitrogens with zero attached hydrogens (tertiary/aromatic N) is 6. The second-order valence-corrected chi connectivity index (χ2v) is 7.56. The van der Waals surface area contributed by atoms with Gasteiger partial charge in [0, 0.05) is 58.6 Å². The number of hydrogen-bond acceptors (Lipinski definition) is 6. The van der Waals surface area contributed by atoms with E-state index in [1.165, 1.54) is 6.07 Å². The van der Waals surface area contributed by atoms with Crippen molar-refractivity contribution in [2.24, 2.45) is 0 Å². The van der Waals surface area contributed by atoms with Crippen molar-refractivity contribution < 1.29 is 4.79 Å². The first-order valence-electron chi connectivity index (χ1n) is 9.67. The van der Waals surface area contributed by atoms with Crippen LogP contribution in [0.3, 0.4) is 0 Å². The summed E-state index contributed by atoms with van der Waals surface area (Å²) < 4.78 is 1.81. The highest BCUT2D eigenvalue weighted by molar-refractivity contribution is 5.93. The van der Waals surface area contributed by atoms with Gasteiger partial charge >= 0.3 is 0 Å². The zero-order valence-electron chi connectivity index (χ0n) is 17.1. The van der Waals surface area contributed by atoms with E-state index >= 15 is 0 Å². The number of H-pyrrole nitrogens is 1. The third-order valence-electron chi connectivity index (χ3n) is 5.02. The zero-order valence-corrected chi connectivity index (χ0v) is 17.1. The minimum Gasteiger partial charge on any atom is -0.348 e. The maximum absolute atomic E-state index is 12.7. The summed E-state index contributed by atoms with van der Waals surface area (Å²) in [6, 6.07) is 1.77. The number of rotatable bonds is 7. The number of likely N-dealkylation sites (N-methyl/N-ethyl adjacent to an activating group) is 1. The average Bonchev–Trinajstić information content (AvgIpc) is 3.30. The molecular weight excluding hydrogens is 358 g/mol. The second-order valence-electron chi connectivity index (χ2n) is 7.56. The monoisotopic (exact) mass is 387 g/mol. The van der Waals surface area contributed by atoms with Crippen molar-refractivity contribution in [3.63, 3.8) is 0 Å². The number of carbonyl (C=O) groups excluding carboxylic acids is 1. The van der Waals surface area contributed by atoms with Crippen molar-refractivity contribution in [3.05, 3.63) is 40.1 Å². The van der Waals surface area contributed by atoms with E-state index < -0.39 is 0 Å². The first kappa shape index (κ1) is 20.1. The molecule has 2 aromatic heterocycles. The second kappa shape index (κ2) is 8.55. The highest BCUT2D eigenvalue weighted by atomic mass is 16.2. The fourth-order valence-electron chi connectivity index (χ4n) is 3.47. The molecule has 28 heavy (non-hydrogen) atoms. The van der Waals surface area contributed by atoms with Gasteiger partial charge in [0.05, 0.1) is 17.5 Å². The van der Waals surface area contributed by atoms with Gasteiger partial charge in [-0.1, -0.05) is 6.92 Å². The van der Waals surface area contributed by atoms with Crippen LogP contribution in [0.4, 0.5) is 5.95 Å². The van der Waals surface area contributed by atoms with Crippen LogP contribution in [0.5, 0.6) is 0 Å². The number of likely N-dealkylation sites (tertiary alicyclic amines) is 1. The van der Waals surface area contributed by atoms with Crippen molar-refractivity contribution in [2.45, 2.75) is 38.9 Å². The van der Waals surface area contributed by atoms with Crippen molar-refractivity contribution >= 4 is 11.9 Å². The Balaban J connectivity index is 1.61. The summed E-state index contributed by atoms with van der Waals surface area (Å²) in [7, 11) is 5.69. The summed E-state index contributed by atoms with van der Waals surface area (Å²) >= 11 is 0. The van der Waals surface area contributed by atoms with Gasteiger partial charge in [0.25, 0.3) is 11.5 Å². The fourth-order valence-corrected chi connectivity index (χ4v) is 3.47. The molecule has 1 saturated heterocycles. The molecule has 3 rings (SSSR count). The molecular formula is C19H29N7O2. The van der Waals surface area contributed by atoms with Gasteiger partial charge in [-0.25, -0.2) is 4.98 Å². The molecule has 1 atom stereocenters. The van der Waals surface area contributed by atoms with Gasteiger partial charge < -0.3 is 9.80 Å². The smallest absolute Gasteiger partial charge is 0.257 e. The lowest BCUT2D eigenvalue weighted by Crippen LogP contribution is -2.36. The first-order valence-corrected chi connectivity index (χ1v) is 9.67. The number of aromatic amines is 1. The van der Waals surface area contributed by atoms with Crippen LogP contribution >= 0.6 is 0 Å². The Morgan fingerprint density at radius 3 is 2.86 bits per heavy atom. The van der Waals surface area contributed by atoms with E-state index in [-0.39, 0.29) is 17.5 Å². The molecule has 1 aliphatic heterocycles. The van der Waals surface area contributed by atoms with Gasteiger partial charge in [-0.3, -0.25) is 24.2 Å². The predicted molar refractivity (Wildman–Crippen MR) is 107 cm³/mol. The third kappa shape index (κ3) is 4.59. The highest BCUT2D eigenvalue weighted by Gasteiger charge is 2.30. The Bertz CT molecular complexity index is 873. The Labute approximate surface area is 165 Å². The van der Waals surface area contributed by atoms with Gasteiger partial charge in [-0.15, -0.1) is 0 Å². The summed E-state index contributed by atoms with van der Waals surface area (Å²) in [6.45, 7) is 4.85. The lowest BCUT2D eigenvalue weighted by atomic mass is 10.2. The molecule has 0 unspecified atom stereocenters. The maximum Gasteiger partial charge on any atom is 0.257 e. The average molecular weight is 387 g/mol. The molecule has 9 nitrogen and oxygen atoms in total. The summed E-state index contributed by atoms with van der Waals surface area (Å²) in [4.78, 5) is 37.7. The number of hydrogen-bond donors (Lipinski definition) is 1. The van der Waals surface area contributed by atoms with E-state index in [1.807, 2.05) is 36.9 Å². The fraction of sp³-hybridized carbons (Fsp3) is 0.579.